The fraction of sp³-hybridized carbons (Fsp3) is 0.278. The molecule has 0 bridgehead atoms. The van der Waals surface area contributed by atoms with Crippen molar-refractivity contribution in [2.45, 2.75) is 24.2 Å². The smallest absolute Gasteiger partial charge is 0.306 e. The molecule has 0 spiro atoms. The molecular formula is C18H19N5O2S. The van der Waals surface area contributed by atoms with Crippen molar-refractivity contribution >= 4 is 40.5 Å². The quantitative estimate of drug-likeness (QED) is 0.512. The van der Waals surface area contributed by atoms with Gasteiger partial charge in [0.05, 0.1) is 11.3 Å². The number of hydrogen-bond donors (Lipinski definition) is 4. The zero-order valence-corrected chi connectivity index (χ0v) is 15.1. The molecule has 3 aromatic rings. The van der Waals surface area contributed by atoms with Crippen molar-refractivity contribution < 1.29 is 9.90 Å². The predicted molar refractivity (Wildman–Crippen MR) is 102 cm³/mol. The zero-order chi connectivity index (χ0) is 18.1. The normalized spacial score (nSPS) is 16.4. The number of aliphatic carboxylic acids is 1. The van der Waals surface area contributed by atoms with Gasteiger partial charge in [-0.25, -0.2) is 9.97 Å². The molecule has 134 valence electrons. The van der Waals surface area contributed by atoms with Crippen LogP contribution in [0.25, 0.3) is 11.0 Å². The van der Waals surface area contributed by atoms with Crippen molar-refractivity contribution in [3.05, 3.63) is 41.9 Å². The van der Waals surface area contributed by atoms with E-state index in [0.29, 0.717) is 18.7 Å². The van der Waals surface area contributed by atoms with Crippen LogP contribution in [0.1, 0.15) is 17.7 Å². The van der Waals surface area contributed by atoms with E-state index in [0.717, 1.165) is 39.3 Å². The van der Waals surface area contributed by atoms with Gasteiger partial charge >= 0.3 is 5.97 Å². The van der Waals surface area contributed by atoms with Crippen LogP contribution in [0.5, 0.6) is 0 Å². The van der Waals surface area contributed by atoms with Gasteiger partial charge in [-0.3, -0.25) is 9.52 Å². The Morgan fingerprint density at radius 2 is 2.27 bits per heavy atom. The number of rotatable bonds is 5. The van der Waals surface area contributed by atoms with Gasteiger partial charge < -0.3 is 15.4 Å². The van der Waals surface area contributed by atoms with E-state index in [1.54, 1.807) is 0 Å². The van der Waals surface area contributed by atoms with Crippen LogP contribution < -0.4 is 10.0 Å². The number of aromatic nitrogens is 3. The number of benzene rings is 1. The van der Waals surface area contributed by atoms with Gasteiger partial charge in [0.2, 0.25) is 0 Å². The molecule has 0 radical (unpaired) electrons. The Balaban J connectivity index is 1.73. The van der Waals surface area contributed by atoms with Gasteiger partial charge in [-0.05, 0) is 62.0 Å². The summed E-state index contributed by atoms with van der Waals surface area (Å²) in [5.74, 6) is -0.400. The van der Waals surface area contributed by atoms with Gasteiger partial charge in [0.1, 0.15) is 17.8 Å². The molecule has 0 aliphatic heterocycles. The van der Waals surface area contributed by atoms with Crippen LogP contribution in [-0.4, -0.2) is 33.1 Å². The minimum atomic E-state index is -0.742. The fourth-order valence-electron chi connectivity index (χ4n) is 3.44. The Bertz CT molecular complexity index is 971. The van der Waals surface area contributed by atoms with Gasteiger partial charge in [-0.2, -0.15) is 0 Å². The molecular weight excluding hydrogens is 350 g/mol. The highest BCUT2D eigenvalue weighted by Crippen LogP contribution is 2.35. The monoisotopic (exact) mass is 369 g/mol. The maximum Gasteiger partial charge on any atom is 0.306 e. The third kappa shape index (κ3) is 3.13. The number of carboxylic acid groups (broad SMARTS) is 1. The molecule has 1 aliphatic carbocycles. The number of aromatic amines is 1. The molecule has 0 saturated carbocycles. The Morgan fingerprint density at radius 1 is 1.38 bits per heavy atom. The molecule has 7 nitrogen and oxygen atoms in total. The molecule has 2 aromatic heterocycles. The largest absolute Gasteiger partial charge is 0.481 e. The Labute approximate surface area is 154 Å². The van der Waals surface area contributed by atoms with Crippen LogP contribution >= 0.6 is 11.9 Å². The minimum Gasteiger partial charge on any atom is -0.481 e. The number of nitrogens with one attached hydrogen (secondary N) is 3. The topological polar surface area (TPSA) is 103 Å². The van der Waals surface area contributed by atoms with E-state index in [4.69, 9.17) is 0 Å². The second kappa shape index (κ2) is 6.97. The van der Waals surface area contributed by atoms with Crippen molar-refractivity contribution in [3.63, 3.8) is 0 Å². The first-order valence-corrected chi connectivity index (χ1v) is 9.25. The molecule has 4 rings (SSSR count). The number of carbonyl (C=O) groups is 1. The first-order valence-electron chi connectivity index (χ1n) is 8.43. The van der Waals surface area contributed by atoms with Gasteiger partial charge in [0.25, 0.3) is 0 Å². The molecule has 0 saturated heterocycles. The lowest BCUT2D eigenvalue weighted by Crippen LogP contribution is -2.21. The highest BCUT2D eigenvalue weighted by atomic mass is 32.2. The second-order valence-electron chi connectivity index (χ2n) is 6.26. The second-order valence-corrected chi connectivity index (χ2v) is 7.35. The molecule has 1 atom stereocenters. The number of H-pyrrole nitrogens is 1. The molecule has 2 heterocycles. The highest BCUT2D eigenvalue weighted by Gasteiger charge is 2.28. The predicted octanol–water partition coefficient (Wildman–Crippen LogP) is 3.12. The first-order chi connectivity index (χ1) is 12.7. The lowest BCUT2D eigenvalue weighted by atomic mass is 9.86. The van der Waals surface area contributed by atoms with Gasteiger partial charge in [0.15, 0.2) is 0 Å². The summed E-state index contributed by atoms with van der Waals surface area (Å²) in [6, 6.07) is 8.02. The summed E-state index contributed by atoms with van der Waals surface area (Å²) in [4.78, 5) is 24.6. The maximum atomic E-state index is 11.4. The summed E-state index contributed by atoms with van der Waals surface area (Å²) in [6.45, 7) is 0. The standard InChI is InChI=1S/C18H19N5O2S/c1-19-26-12-4-2-3-11(8-12)22-16-15-13-7-10(18(24)25)5-6-14(13)23-17(15)21-9-20-16/h2-4,8-10,19H,5-7H2,1H3,(H,24,25)(H2,20,21,22,23). The Hall–Kier alpha value is -2.58. The average Bonchev–Trinajstić information content (AvgIpc) is 3.01. The van der Waals surface area contributed by atoms with Gasteiger partial charge in [-0.15, -0.1) is 0 Å². The summed E-state index contributed by atoms with van der Waals surface area (Å²) in [6.07, 6.45) is 3.39. The zero-order valence-electron chi connectivity index (χ0n) is 14.2. The van der Waals surface area contributed by atoms with Crippen molar-refractivity contribution in [1.29, 1.82) is 0 Å². The molecule has 0 amide bonds. The third-order valence-electron chi connectivity index (χ3n) is 4.64. The van der Waals surface area contributed by atoms with Crippen molar-refractivity contribution in [2.75, 3.05) is 12.4 Å². The summed E-state index contributed by atoms with van der Waals surface area (Å²) >= 11 is 1.54. The van der Waals surface area contributed by atoms with Crippen molar-refractivity contribution in [3.8, 4) is 0 Å². The Morgan fingerprint density at radius 3 is 3.08 bits per heavy atom. The fourth-order valence-corrected chi connectivity index (χ4v) is 4.01. The van der Waals surface area contributed by atoms with Gasteiger partial charge in [0, 0.05) is 16.3 Å². The molecule has 8 heteroatoms. The van der Waals surface area contributed by atoms with E-state index in [1.165, 1.54) is 18.3 Å². The highest BCUT2D eigenvalue weighted by molar-refractivity contribution is 7.97. The number of carboxylic acids is 1. The van der Waals surface area contributed by atoms with Crippen LogP contribution in [0.15, 0.2) is 35.5 Å². The minimum absolute atomic E-state index is 0.357. The number of aryl methyl sites for hydroxylation is 1. The van der Waals surface area contributed by atoms with E-state index in [-0.39, 0.29) is 5.92 Å². The molecule has 4 N–H and O–H groups in total. The van der Waals surface area contributed by atoms with E-state index < -0.39 is 5.97 Å². The van der Waals surface area contributed by atoms with Crippen LogP contribution in [0, 0.1) is 5.92 Å². The summed E-state index contributed by atoms with van der Waals surface area (Å²) in [7, 11) is 1.88. The van der Waals surface area contributed by atoms with E-state index in [9.17, 15) is 9.90 Å². The SMILES string of the molecule is CNSc1cccc(Nc2ncnc3[nH]c4c(c23)CC(C(=O)O)CC4)c1. The number of hydrogen-bond acceptors (Lipinski definition) is 6. The summed E-state index contributed by atoms with van der Waals surface area (Å²) in [5.41, 5.74) is 3.76. The van der Waals surface area contributed by atoms with Crippen molar-refractivity contribution in [1.82, 2.24) is 19.7 Å². The average molecular weight is 369 g/mol. The molecule has 1 aromatic carbocycles. The maximum absolute atomic E-state index is 11.4. The Kier molecular flexibility index (Phi) is 4.52. The molecule has 26 heavy (non-hydrogen) atoms. The molecule has 1 unspecified atom stereocenters. The summed E-state index contributed by atoms with van der Waals surface area (Å²) < 4.78 is 3.06. The summed E-state index contributed by atoms with van der Waals surface area (Å²) in [5, 5.41) is 13.6. The van der Waals surface area contributed by atoms with Crippen LogP contribution in [0.3, 0.4) is 0 Å². The third-order valence-corrected chi connectivity index (χ3v) is 5.34. The first kappa shape index (κ1) is 16.9. The van der Waals surface area contributed by atoms with E-state index in [1.807, 2.05) is 31.3 Å². The molecule has 0 fully saturated rings. The number of anilines is 2. The lowest BCUT2D eigenvalue weighted by Gasteiger charge is -2.19. The number of fused-ring (bicyclic) bond motifs is 3. The van der Waals surface area contributed by atoms with Crippen LogP contribution in [0.4, 0.5) is 11.5 Å². The van der Waals surface area contributed by atoms with Gasteiger partial charge in [-0.1, -0.05) is 6.07 Å². The van der Waals surface area contributed by atoms with E-state index >= 15 is 0 Å². The lowest BCUT2D eigenvalue weighted by molar-refractivity contribution is -0.142. The number of nitrogens with zero attached hydrogens (tertiary/aromatic N) is 2. The molecule has 1 aliphatic rings. The van der Waals surface area contributed by atoms with Crippen LogP contribution in [0.2, 0.25) is 0 Å². The van der Waals surface area contributed by atoms with Crippen molar-refractivity contribution in [2.24, 2.45) is 5.92 Å². The van der Waals surface area contributed by atoms with E-state index in [2.05, 4.69) is 25.0 Å². The van der Waals surface area contributed by atoms with Crippen LogP contribution in [-0.2, 0) is 17.6 Å².